The molecule has 8 nitrogen and oxygen atoms in total. The Labute approximate surface area is 201 Å². The minimum atomic E-state index is -0.398. The first kappa shape index (κ1) is 22.5. The van der Waals surface area contributed by atoms with Crippen LogP contribution < -0.4 is 10.4 Å². The van der Waals surface area contributed by atoms with E-state index in [0.717, 1.165) is 39.3 Å². The number of hydrogen-bond donors (Lipinski definition) is 1. The number of ether oxygens (including phenoxy) is 2. The number of esters is 1. The highest BCUT2D eigenvalue weighted by atomic mass is 16.5. The lowest BCUT2D eigenvalue weighted by molar-refractivity contribution is 0.0601. The summed E-state index contributed by atoms with van der Waals surface area (Å²) in [5.41, 5.74) is 5.34. The summed E-state index contributed by atoms with van der Waals surface area (Å²) in [4.78, 5) is 32.6. The summed E-state index contributed by atoms with van der Waals surface area (Å²) in [7, 11) is 2.99. The van der Waals surface area contributed by atoms with Crippen molar-refractivity contribution in [1.82, 2.24) is 19.1 Å². The van der Waals surface area contributed by atoms with Gasteiger partial charge in [-0.3, -0.25) is 4.57 Å². The third kappa shape index (κ3) is 3.97. The molecule has 0 radical (unpaired) electrons. The first-order valence-corrected chi connectivity index (χ1v) is 11.4. The van der Waals surface area contributed by atoms with Crippen molar-refractivity contribution in [2.45, 2.75) is 26.4 Å². The standard InChI is InChI=1S/C27H26N4O4/c1-16(2)31-24-12-8-19(26(32)35-4)14-22(24)28-25(31)18-7-11-23-21(13-18)29-27(33)30(23)15-17-5-9-20(34-3)10-6-17/h5-14,16H,15H2,1-4H3,(H,29,33). The van der Waals surface area contributed by atoms with Crippen LogP contribution in [-0.2, 0) is 11.3 Å². The number of nitrogens with one attached hydrogen (secondary N) is 1. The van der Waals surface area contributed by atoms with E-state index in [-0.39, 0.29) is 11.7 Å². The fourth-order valence-electron chi connectivity index (χ4n) is 4.44. The van der Waals surface area contributed by atoms with Crippen molar-refractivity contribution in [3.8, 4) is 17.1 Å². The second kappa shape index (κ2) is 8.79. The maximum absolute atomic E-state index is 12.8. The Bertz CT molecular complexity index is 1610. The molecular formula is C27H26N4O4. The SMILES string of the molecule is COC(=O)c1ccc2c(c1)nc(-c1ccc3c(c1)[nH]c(=O)n3Cc1ccc(OC)cc1)n2C(C)C. The summed E-state index contributed by atoms with van der Waals surface area (Å²) in [6, 6.07) is 19.0. The topological polar surface area (TPSA) is 91.1 Å². The lowest BCUT2D eigenvalue weighted by Crippen LogP contribution is -2.17. The molecule has 5 aromatic rings. The quantitative estimate of drug-likeness (QED) is 0.361. The Kier molecular flexibility index (Phi) is 5.64. The van der Waals surface area contributed by atoms with Crippen LogP contribution in [0.3, 0.4) is 0 Å². The lowest BCUT2D eigenvalue weighted by atomic mass is 10.1. The summed E-state index contributed by atoms with van der Waals surface area (Å²) < 4.78 is 13.9. The van der Waals surface area contributed by atoms with Crippen LogP contribution in [0.4, 0.5) is 0 Å². The fraction of sp³-hybridized carbons (Fsp3) is 0.222. The molecule has 35 heavy (non-hydrogen) atoms. The fourth-order valence-corrected chi connectivity index (χ4v) is 4.44. The average Bonchev–Trinajstić information content (AvgIpc) is 3.40. The Morgan fingerprint density at radius 1 is 1.00 bits per heavy atom. The molecule has 178 valence electrons. The lowest BCUT2D eigenvalue weighted by Gasteiger charge is -2.13. The number of rotatable bonds is 6. The molecule has 0 fully saturated rings. The van der Waals surface area contributed by atoms with Gasteiger partial charge in [0.15, 0.2) is 0 Å². The first-order valence-electron chi connectivity index (χ1n) is 11.4. The Balaban J connectivity index is 1.58. The number of carbonyl (C=O) groups is 1. The maximum atomic E-state index is 12.8. The number of imidazole rings is 2. The Hall–Kier alpha value is -4.33. The van der Waals surface area contributed by atoms with Gasteiger partial charge in [-0.05, 0) is 67.9 Å². The van der Waals surface area contributed by atoms with Crippen LogP contribution in [0, 0.1) is 0 Å². The van der Waals surface area contributed by atoms with Crippen molar-refractivity contribution in [2.75, 3.05) is 14.2 Å². The summed E-state index contributed by atoms with van der Waals surface area (Å²) in [6.07, 6.45) is 0. The molecule has 0 bridgehead atoms. The van der Waals surface area contributed by atoms with Gasteiger partial charge in [0.25, 0.3) is 0 Å². The molecule has 0 saturated heterocycles. The molecular weight excluding hydrogens is 444 g/mol. The number of aromatic nitrogens is 4. The van der Waals surface area contributed by atoms with E-state index in [1.54, 1.807) is 23.8 Å². The molecule has 1 N–H and O–H groups in total. The van der Waals surface area contributed by atoms with Gasteiger partial charge >= 0.3 is 11.7 Å². The zero-order chi connectivity index (χ0) is 24.7. The van der Waals surface area contributed by atoms with E-state index in [1.165, 1.54) is 7.11 Å². The van der Waals surface area contributed by atoms with E-state index < -0.39 is 5.97 Å². The highest BCUT2D eigenvalue weighted by Crippen LogP contribution is 2.30. The molecule has 2 aromatic heterocycles. The van der Waals surface area contributed by atoms with Crippen molar-refractivity contribution in [3.63, 3.8) is 0 Å². The van der Waals surface area contributed by atoms with E-state index in [0.29, 0.717) is 17.6 Å². The van der Waals surface area contributed by atoms with E-state index in [9.17, 15) is 9.59 Å². The number of carbonyl (C=O) groups excluding carboxylic acids is 1. The maximum Gasteiger partial charge on any atom is 0.337 e. The molecule has 0 spiro atoms. The molecule has 0 aliphatic carbocycles. The molecule has 0 aliphatic rings. The zero-order valence-electron chi connectivity index (χ0n) is 20.0. The number of hydrogen-bond acceptors (Lipinski definition) is 5. The minimum Gasteiger partial charge on any atom is -0.497 e. The monoisotopic (exact) mass is 470 g/mol. The molecule has 0 amide bonds. The van der Waals surface area contributed by atoms with Gasteiger partial charge in [0.05, 0.1) is 48.4 Å². The molecule has 8 heteroatoms. The molecule has 0 aliphatic heterocycles. The third-order valence-electron chi connectivity index (χ3n) is 6.16. The number of H-pyrrole nitrogens is 1. The van der Waals surface area contributed by atoms with Gasteiger partial charge in [0.2, 0.25) is 0 Å². The number of nitrogens with zero attached hydrogens (tertiary/aromatic N) is 3. The highest BCUT2D eigenvalue weighted by molar-refractivity contribution is 5.94. The molecule has 0 atom stereocenters. The number of methoxy groups -OCH3 is 2. The highest BCUT2D eigenvalue weighted by Gasteiger charge is 2.18. The molecule has 0 saturated carbocycles. The van der Waals surface area contributed by atoms with Gasteiger partial charge in [0.1, 0.15) is 11.6 Å². The van der Waals surface area contributed by atoms with Crippen LogP contribution in [0.1, 0.15) is 35.8 Å². The Morgan fingerprint density at radius 2 is 1.74 bits per heavy atom. The largest absolute Gasteiger partial charge is 0.497 e. The molecule has 0 unspecified atom stereocenters. The summed E-state index contributed by atoms with van der Waals surface area (Å²) in [6.45, 7) is 4.62. The summed E-state index contributed by atoms with van der Waals surface area (Å²) in [5, 5.41) is 0. The smallest absolute Gasteiger partial charge is 0.337 e. The van der Waals surface area contributed by atoms with Gasteiger partial charge in [-0.1, -0.05) is 12.1 Å². The van der Waals surface area contributed by atoms with Crippen molar-refractivity contribution in [2.24, 2.45) is 0 Å². The van der Waals surface area contributed by atoms with Crippen LogP contribution in [0.2, 0.25) is 0 Å². The number of benzene rings is 3. The Morgan fingerprint density at radius 3 is 2.43 bits per heavy atom. The van der Waals surface area contributed by atoms with Crippen LogP contribution in [0.5, 0.6) is 5.75 Å². The number of fused-ring (bicyclic) bond motifs is 2. The minimum absolute atomic E-state index is 0.133. The predicted octanol–water partition coefficient (Wildman–Crippen LogP) is 4.77. The second-order valence-corrected chi connectivity index (χ2v) is 8.69. The average molecular weight is 471 g/mol. The normalized spacial score (nSPS) is 11.5. The van der Waals surface area contributed by atoms with Crippen LogP contribution in [0.25, 0.3) is 33.5 Å². The third-order valence-corrected chi connectivity index (χ3v) is 6.16. The van der Waals surface area contributed by atoms with Gasteiger partial charge in [-0.15, -0.1) is 0 Å². The van der Waals surface area contributed by atoms with E-state index in [4.69, 9.17) is 14.5 Å². The van der Waals surface area contributed by atoms with Crippen molar-refractivity contribution < 1.29 is 14.3 Å². The van der Waals surface area contributed by atoms with E-state index >= 15 is 0 Å². The van der Waals surface area contributed by atoms with Crippen LogP contribution >= 0.6 is 0 Å². The molecule has 2 heterocycles. The second-order valence-electron chi connectivity index (χ2n) is 8.69. The van der Waals surface area contributed by atoms with Gasteiger partial charge in [0, 0.05) is 11.6 Å². The van der Waals surface area contributed by atoms with Gasteiger partial charge in [-0.2, -0.15) is 0 Å². The van der Waals surface area contributed by atoms with Gasteiger partial charge < -0.3 is 19.0 Å². The van der Waals surface area contributed by atoms with Crippen molar-refractivity contribution >= 4 is 28.0 Å². The number of aromatic amines is 1. The predicted molar refractivity (Wildman–Crippen MR) is 135 cm³/mol. The van der Waals surface area contributed by atoms with Crippen LogP contribution in [-0.4, -0.2) is 39.3 Å². The van der Waals surface area contributed by atoms with Crippen molar-refractivity contribution in [3.05, 3.63) is 82.3 Å². The molecule has 5 rings (SSSR count). The van der Waals surface area contributed by atoms with Gasteiger partial charge in [-0.25, -0.2) is 14.6 Å². The van der Waals surface area contributed by atoms with E-state index in [1.807, 2.05) is 48.5 Å². The summed E-state index contributed by atoms with van der Waals surface area (Å²) >= 11 is 0. The zero-order valence-corrected chi connectivity index (χ0v) is 20.0. The first-order chi connectivity index (χ1) is 16.9. The summed E-state index contributed by atoms with van der Waals surface area (Å²) in [5.74, 6) is 1.14. The van der Waals surface area contributed by atoms with Crippen LogP contribution in [0.15, 0.2) is 65.5 Å². The molecule has 3 aromatic carbocycles. The van der Waals surface area contributed by atoms with E-state index in [2.05, 4.69) is 23.4 Å². The van der Waals surface area contributed by atoms with Crippen molar-refractivity contribution in [1.29, 1.82) is 0 Å².